The van der Waals surface area contributed by atoms with Crippen LogP contribution in [0.25, 0.3) is 0 Å². The second kappa shape index (κ2) is 4.31. The van der Waals surface area contributed by atoms with Crippen LogP contribution in [0.3, 0.4) is 0 Å². The zero-order valence-corrected chi connectivity index (χ0v) is 8.91. The lowest BCUT2D eigenvalue weighted by Gasteiger charge is -2.31. The second-order valence-electron chi connectivity index (χ2n) is 4.89. The Hall–Kier alpha value is -0.550. The van der Waals surface area contributed by atoms with E-state index < -0.39 is 0 Å². The lowest BCUT2D eigenvalue weighted by molar-refractivity contribution is 0.0277. The lowest BCUT2D eigenvalue weighted by atomic mass is 9.76. The second-order valence-corrected chi connectivity index (χ2v) is 4.89. The van der Waals surface area contributed by atoms with Gasteiger partial charge in [-0.1, -0.05) is 19.8 Å². The maximum atomic E-state index is 9.00. The smallest absolute Gasteiger partial charge is 0.0762 e. The molecule has 0 aromatic rings. The van der Waals surface area contributed by atoms with Crippen molar-refractivity contribution in [3.8, 4) is 6.07 Å². The highest BCUT2D eigenvalue weighted by Crippen LogP contribution is 2.37. The molecule has 0 radical (unpaired) electrons. The monoisotopic (exact) mass is 193 g/mol. The van der Waals surface area contributed by atoms with Gasteiger partial charge in [0.05, 0.1) is 18.1 Å². The first-order valence-electron chi connectivity index (χ1n) is 5.82. The summed E-state index contributed by atoms with van der Waals surface area (Å²) in [4.78, 5) is 0. The molecule has 1 heterocycles. The van der Waals surface area contributed by atoms with Crippen LogP contribution in [-0.4, -0.2) is 12.7 Å². The summed E-state index contributed by atoms with van der Waals surface area (Å²) in [6.45, 7) is 3.12. The van der Waals surface area contributed by atoms with Crippen molar-refractivity contribution in [1.82, 2.24) is 0 Å². The van der Waals surface area contributed by atoms with Crippen molar-refractivity contribution < 1.29 is 4.74 Å². The lowest BCUT2D eigenvalue weighted by Crippen LogP contribution is -2.29. The molecule has 2 rings (SSSR count). The zero-order chi connectivity index (χ0) is 9.97. The molecule has 2 nitrogen and oxygen atoms in total. The minimum absolute atomic E-state index is 0.172. The van der Waals surface area contributed by atoms with E-state index >= 15 is 0 Å². The first-order valence-corrected chi connectivity index (χ1v) is 5.82. The molecule has 2 heteroatoms. The molecule has 0 aromatic heterocycles. The third-order valence-corrected chi connectivity index (χ3v) is 3.74. The fourth-order valence-corrected chi connectivity index (χ4v) is 2.99. The molecule has 0 bridgehead atoms. The number of rotatable bonds is 1. The van der Waals surface area contributed by atoms with Crippen LogP contribution in [0.1, 0.15) is 39.0 Å². The number of ether oxygens (including phenoxy) is 1. The van der Waals surface area contributed by atoms with Gasteiger partial charge in [-0.15, -0.1) is 0 Å². The Morgan fingerprint density at radius 3 is 2.86 bits per heavy atom. The summed E-state index contributed by atoms with van der Waals surface area (Å²) in [5, 5.41) is 9.00. The Kier molecular flexibility index (Phi) is 3.08. The number of nitrogens with zero attached hydrogens (tertiary/aromatic N) is 1. The number of hydrogen-bond acceptors (Lipinski definition) is 2. The van der Waals surface area contributed by atoms with Gasteiger partial charge in [-0.25, -0.2) is 0 Å². The van der Waals surface area contributed by atoms with Crippen molar-refractivity contribution in [2.24, 2.45) is 17.8 Å². The van der Waals surface area contributed by atoms with Crippen molar-refractivity contribution in [2.75, 3.05) is 6.61 Å². The van der Waals surface area contributed by atoms with Gasteiger partial charge in [0.15, 0.2) is 0 Å². The van der Waals surface area contributed by atoms with Crippen molar-refractivity contribution in [1.29, 1.82) is 5.26 Å². The molecule has 0 aromatic carbocycles. The summed E-state index contributed by atoms with van der Waals surface area (Å²) >= 11 is 0. The third kappa shape index (κ3) is 1.93. The predicted octanol–water partition coefficient (Wildman–Crippen LogP) is 2.74. The van der Waals surface area contributed by atoms with Crippen LogP contribution in [0, 0.1) is 29.1 Å². The molecular formula is C12H19NO. The van der Waals surface area contributed by atoms with E-state index in [1.807, 2.05) is 0 Å². The van der Waals surface area contributed by atoms with E-state index in [2.05, 4.69) is 13.0 Å². The molecule has 0 N–H and O–H groups in total. The van der Waals surface area contributed by atoms with Crippen molar-refractivity contribution >= 4 is 0 Å². The Labute approximate surface area is 86.2 Å². The van der Waals surface area contributed by atoms with Crippen LogP contribution >= 0.6 is 0 Å². The summed E-state index contributed by atoms with van der Waals surface area (Å²) in [6, 6.07) is 2.40. The molecular weight excluding hydrogens is 174 g/mol. The maximum absolute atomic E-state index is 9.00. The molecule has 0 spiro atoms. The number of nitriles is 1. The van der Waals surface area contributed by atoms with Crippen molar-refractivity contribution in [2.45, 2.75) is 45.1 Å². The Bertz CT molecular complexity index is 233. The maximum Gasteiger partial charge on any atom is 0.0762 e. The molecule has 4 atom stereocenters. The van der Waals surface area contributed by atoms with Crippen LogP contribution in [0.5, 0.6) is 0 Å². The van der Waals surface area contributed by atoms with Gasteiger partial charge < -0.3 is 4.74 Å². The van der Waals surface area contributed by atoms with E-state index in [4.69, 9.17) is 10.00 Å². The van der Waals surface area contributed by atoms with E-state index in [1.165, 1.54) is 25.7 Å². The first-order chi connectivity index (χ1) is 6.81. The van der Waals surface area contributed by atoms with E-state index in [0.717, 1.165) is 18.9 Å². The average Bonchev–Trinajstić information content (AvgIpc) is 2.65. The summed E-state index contributed by atoms with van der Waals surface area (Å²) in [7, 11) is 0. The van der Waals surface area contributed by atoms with Crippen LogP contribution in [0.4, 0.5) is 0 Å². The van der Waals surface area contributed by atoms with Gasteiger partial charge in [-0.2, -0.15) is 5.26 Å². The minimum atomic E-state index is 0.172. The largest absolute Gasteiger partial charge is 0.377 e. The summed E-state index contributed by atoms with van der Waals surface area (Å²) in [6.07, 6.45) is 6.43. The van der Waals surface area contributed by atoms with E-state index in [9.17, 15) is 0 Å². The van der Waals surface area contributed by atoms with Gasteiger partial charge in [0.25, 0.3) is 0 Å². The van der Waals surface area contributed by atoms with Gasteiger partial charge in [0.2, 0.25) is 0 Å². The molecule has 78 valence electrons. The summed E-state index contributed by atoms with van der Waals surface area (Å²) in [5.41, 5.74) is 0. The SMILES string of the molecule is CC1CCCC(C2OCCC2C#N)C1. The Balaban J connectivity index is 1.96. The van der Waals surface area contributed by atoms with Gasteiger partial charge >= 0.3 is 0 Å². The van der Waals surface area contributed by atoms with Crippen LogP contribution in [0.15, 0.2) is 0 Å². The van der Waals surface area contributed by atoms with Crippen molar-refractivity contribution in [3.63, 3.8) is 0 Å². The highest BCUT2D eigenvalue weighted by atomic mass is 16.5. The summed E-state index contributed by atoms with van der Waals surface area (Å²) < 4.78 is 5.72. The topological polar surface area (TPSA) is 33.0 Å². The van der Waals surface area contributed by atoms with Gasteiger partial charge in [0.1, 0.15) is 0 Å². The van der Waals surface area contributed by atoms with E-state index in [1.54, 1.807) is 0 Å². The molecule has 1 saturated carbocycles. The molecule has 4 unspecified atom stereocenters. The quantitative estimate of drug-likeness (QED) is 0.641. The molecule has 14 heavy (non-hydrogen) atoms. The highest BCUT2D eigenvalue weighted by Gasteiger charge is 2.36. The molecule has 1 aliphatic carbocycles. The fourth-order valence-electron chi connectivity index (χ4n) is 2.99. The van der Waals surface area contributed by atoms with Gasteiger partial charge in [0, 0.05) is 6.61 Å². The molecule has 2 fully saturated rings. The van der Waals surface area contributed by atoms with E-state index in [-0.39, 0.29) is 12.0 Å². The number of hydrogen-bond donors (Lipinski definition) is 0. The van der Waals surface area contributed by atoms with Crippen LogP contribution in [0.2, 0.25) is 0 Å². The molecule has 1 saturated heterocycles. The van der Waals surface area contributed by atoms with Gasteiger partial charge in [-0.3, -0.25) is 0 Å². The molecule has 0 amide bonds. The molecule has 1 aliphatic heterocycles. The average molecular weight is 193 g/mol. The Morgan fingerprint density at radius 2 is 2.14 bits per heavy atom. The zero-order valence-electron chi connectivity index (χ0n) is 8.91. The van der Waals surface area contributed by atoms with Gasteiger partial charge in [-0.05, 0) is 31.1 Å². The van der Waals surface area contributed by atoms with Crippen LogP contribution < -0.4 is 0 Å². The fraction of sp³-hybridized carbons (Fsp3) is 0.917. The van der Waals surface area contributed by atoms with Crippen molar-refractivity contribution in [3.05, 3.63) is 0 Å². The predicted molar refractivity (Wildman–Crippen MR) is 54.6 cm³/mol. The summed E-state index contributed by atoms with van der Waals surface area (Å²) in [5.74, 6) is 1.66. The van der Waals surface area contributed by atoms with Crippen LogP contribution in [-0.2, 0) is 4.74 Å². The van der Waals surface area contributed by atoms with E-state index in [0.29, 0.717) is 5.92 Å². The minimum Gasteiger partial charge on any atom is -0.377 e. The Morgan fingerprint density at radius 1 is 1.29 bits per heavy atom. The normalized spacial score (nSPS) is 43.4. The molecule has 2 aliphatic rings. The standard InChI is InChI=1S/C12H19NO/c1-9-3-2-4-10(7-9)12-11(8-13)5-6-14-12/h9-12H,2-7H2,1H3. The first kappa shape index (κ1) is 9.98. The highest BCUT2D eigenvalue weighted by molar-refractivity contribution is 4.96. The third-order valence-electron chi connectivity index (χ3n) is 3.74.